The Morgan fingerprint density at radius 1 is 1.50 bits per heavy atom. The fourth-order valence-electron chi connectivity index (χ4n) is 2.56. The van der Waals surface area contributed by atoms with E-state index < -0.39 is 0 Å². The Bertz CT molecular complexity index is 716. The summed E-state index contributed by atoms with van der Waals surface area (Å²) in [5.41, 5.74) is 0.685. The summed E-state index contributed by atoms with van der Waals surface area (Å²) >= 11 is 7.29. The highest BCUT2D eigenvalue weighted by molar-refractivity contribution is 7.99. The molecule has 6 nitrogen and oxygen atoms in total. The molecule has 1 aromatic carbocycles. The predicted molar refractivity (Wildman–Crippen MR) is 94.5 cm³/mol. The van der Waals surface area contributed by atoms with Crippen LogP contribution in [0, 0.1) is 6.92 Å². The summed E-state index contributed by atoms with van der Waals surface area (Å²) in [5.74, 6) is 0.991. The Hall–Kier alpha value is -1.57. The van der Waals surface area contributed by atoms with E-state index in [1.165, 1.54) is 11.8 Å². The molecule has 8 heteroatoms. The second-order valence-electron chi connectivity index (χ2n) is 5.62. The number of carbonyl (C=O) groups excluding carboxylic acids is 1. The number of nitrogens with zero attached hydrogens (tertiary/aromatic N) is 3. The molecule has 1 aliphatic rings. The minimum Gasteiger partial charge on any atom is -0.376 e. The largest absolute Gasteiger partial charge is 0.376 e. The zero-order chi connectivity index (χ0) is 16.9. The molecule has 1 atom stereocenters. The number of ether oxygens (including phenoxy) is 1. The van der Waals surface area contributed by atoms with E-state index in [1.807, 2.05) is 11.5 Å². The van der Waals surface area contributed by atoms with Crippen LogP contribution in [0.5, 0.6) is 0 Å². The maximum absolute atomic E-state index is 12.1. The van der Waals surface area contributed by atoms with Crippen molar-refractivity contribution >= 4 is 35.0 Å². The van der Waals surface area contributed by atoms with Gasteiger partial charge in [-0.2, -0.15) is 0 Å². The lowest BCUT2D eigenvalue weighted by molar-refractivity contribution is -0.113. The Balaban J connectivity index is 1.57. The Morgan fingerprint density at radius 2 is 2.38 bits per heavy atom. The van der Waals surface area contributed by atoms with Gasteiger partial charge in [0.05, 0.1) is 18.4 Å². The molecule has 0 bridgehead atoms. The Kier molecular flexibility index (Phi) is 5.76. The molecule has 1 N–H and O–H groups in total. The van der Waals surface area contributed by atoms with E-state index in [2.05, 4.69) is 15.5 Å². The first kappa shape index (κ1) is 17.3. The van der Waals surface area contributed by atoms with Gasteiger partial charge in [0.15, 0.2) is 5.16 Å². The highest BCUT2D eigenvalue weighted by atomic mass is 35.5. The molecule has 0 radical (unpaired) electrons. The number of aryl methyl sites for hydroxylation is 1. The molecule has 0 unspecified atom stereocenters. The SMILES string of the molecule is Cc1nnc(SCC(=O)Nc2cccc(Cl)c2)n1C[C@@H]1CCCO1. The van der Waals surface area contributed by atoms with Gasteiger partial charge in [0.25, 0.3) is 0 Å². The summed E-state index contributed by atoms with van der Waals surface area (Å²) in [5, 5.41) is 12.4. The van der Waals surface area contributed by atoms with Gasteiger partial charge < -0.3 is 14.6 Å². The molecule has 1 fully saturated rings. The lowest BCUT2D eigenvalue weighted by Crippen LogP contribution is -2.18. The number of hydrogen-bond acceptors (Lipinski definition) is 5. The van der Waals surface area contributed by atoms with Crippen molar-refractivity contribution < 1.29 is 9.53 Å². The van der Waals surface area contributed by atoms with Crippen molar-refractivity contribution in [2.45, 2.75) is 37.6 Å². The topological polar surface area (TPSA) is 69.0 Å². The minimum absolute atomic E-state index is 0.105. The van der Waals surface area contributed by atoms with Crippen LogP contribution >= 0.6 is 23.4 Å². The second kappa shape index (κ2) is 8.00. The van der Waals surface area contributed by atoms with E-state index in [9.17, 15) is 4.79 Å². The van der Waals surface area contributed by atoms with Crippen LogP contribution in [0.25, 0.3) is 0 Å². The smallest absolute Gasteiger partial charge is 0.234 e. The van der Waals surface area contributed by atoms with Gasteiger partial charge in [-0.15, -0.1) is 10.2 Å². The van der Waals surface area contributed by atoms with E-state index in [1.54, 1.807) is 24.3 Å². The van der Waals surface area contributed by atoms with Gasteiger partial charge in [-0.25, -0.2) is 0 Å². The molecule has 0 spiro atoms. The Labute approximate surface area is 149 Å². The number of rotatable bonds is 6. The highest BCUT2D eigenvalue weighted by Crippen LogP contribution is 2.21. The maximum atomic E-state index is 12.1. The fourth-order valence-corrected chi connectivity index (χ4v) is 3.55. The average Bonchev–Trinajstić information content (AvgIpc) is 3.17. The van der Waals surface area contributed by atoms with Crippen LogP contribution in [0.15, 0.2) is 29.4 Å². The number of halogens is 1. The van der Waals surface area contributed by atoms with E-state index in [4.69, 9.17) is 16.3 Å². The number of nitrogens with one attached hydrogen (secondary N) is 1. The fraction of sp³-hybridized carbons (Fsp3) is 0.438. The zero-order valence-corrected chi connectivity index (χ0v) is 14.9. The first-order valence-corrected chi connectivity index (χ1v) is 9.18. The normalized spacial score (nSPS) is 17.2. The molecule has 1 aliphatic heterocycles. The third kappa shape index (κ3) is 4.49. The summed E-state index contributed by atoms with van der Waals surface area (Å²) in [4.78, 5) is 12.1. The van der Waals surface area contributed by atoms with E-state index in [0.717, 1.165) is 37.0 Å². The summed E-state index contributed by atoms with van der Waals surface area (Å²) in [6.45, 7) is 3.46. The Morgan fingerprint density at radius 3 is 3.12 bits per heavy atom. The van der Waals surface area contributed by atoms with Gasteiger partial charge in [-0.3, -0.25) is 4.79 Å². The van der Waals surface area contributed by atoms with Gasteiger partial charge in [-0.1, -0.05) is 29.4 Å². The minimum atomic E-state index is -0.105. The van der Waals surface area contributed by atoms with Gasteiger partial charge in [0, 0.05) is 17.3 Å². The zero-order valence-electron chi connectivity index (χ0n) is 13.4. The van der Waals surface area contributed by atoms with Crippen molar-refractivity contribution in [1.82, 2.24) is 14.8 Å². The molecule has 2 heterocycles. The van der Waals surface area contributed by atoms with Crippen LogP contribution in [0.3, 0.4) is 0 Å². The van der Waals surface area contributed by atoms with E-state index in [-0.39, 0.29) is 17.8 Å². The van der Waals surface area contributed by atoms with Gasteiger partial charge in [0.2, 0.25) is 5.91 Å². The summed E-state index contributed by atoms with van der Waals surface area (Å²) in [6, 6.07) is 7.09. The van der Waals surface area contributed by atoms with Crippen LogP contribution in [-0.4, -0.2) is 39.1 Å². The number of thioether (sulfide) groups is 1. The number of hydrogen-bond donors (Lipinski definition) is 1. The van der Waals surface area contributed by atoms with Gasteiger partial charge in [-0.05, 0) is 38.0 Å². The third-order valence-corrected chi connectivity index (χ3v) is 4.95. The third-order valence-electron chi connectivity index (χ3n) is 3.75. The van der Waals surface area contributed by atoms with Crippen molar-refractivity contribution in [2.75, 3.05) is 17.7 Å². The highest BCUT2D eigenvalue weighted by Gasteiger charge is 2.20. The molecule has 0 saturated carbocycles. The van der Waals surface area contributed by atoms with Crippen LogP contribution in [0.4, 0.5) is 5.69 Å². The van der Waals surface area contributed by atoms with Crippen molar-refractivity contribution in [3.63, 3.8) is 0 Å². The van der Waals surface area contributed by atoms with Gasteiger partial charge in [0.1, 0.15) is 5.82 Å². The van der Waals surface area contributed by atoms with Crippen LogP contribution < -0.4 is 5.32 Å². The van der Waals surface area contributed by atoms with Gasteiger partial charge >= 0.3 is 0 Å². The maximum Gasteiger partial charge on any atom is 0.234 e. The lowest BCUT2D eigenvalue weighted by atomic mass is 10.2. The van der Waals surface area contributed by atoms with Crippen LogP contribution in [0.2, 0.25) is 5.02 Å². The number of amides is 1. The molecule has 128 valence electrons. The van der Waals surface area contributed by atoms with Crippen LogP contribution in [0.1, 0.15) is 18.7 Å². The van der Waals surface area contributed by atoms with Crippen LogP contribution in [-0.2, 0) is 16.1 Å². The average molecular weight is 367 g/mol. The molecule has 2 aromatic rings. The number of anilines is 1. The molecule has 3 rings (SSSR count). The molecule has 24 heavy (non-hydrogen) atoms. The summed E-state index contributed by atoms with van der Waals surface area (Å²) < 4.78 is 7.70. The molecular weight excluding hydrogens is 348 g/mol. The van der Waals surface area contributed by atoms with E-state index in [0.29, 0.717) is 10.7 Å². The van der Waals surface area contributed by atoms with Crippen molar-refractivity contribution in [3.8, 4) is 0 Å². The number of benzene rings is 1. The standard InChI is InChI=1S/C16H19ClN4O2S/c1-11-19-20-16(21(11)9-14-6-3-7-23-14)24-10-15(22)18-13-5-2-4-12(17)8-13/h2,4-5,8,14H,3,6-7,9-10H2,1H3,(H,18,22)/t14-/m0/s1. The molecule has 1 aromatic heterocycles. The number of aromatic nitrogens is 3. The second-order valence-corrected chi connectivity index (χ2v) is 7.00. The molecule has 1 amide bonds. The molecular formula is C16H19ClN4O2S. The quantitative estimate of drug-likeness (QED) is 0.795. The lowest BCUT2D eigenvalue weighted by Gasteiger charge is -2.13. The van der Waals surface area contributed by atoms with Crippen molar-refractivity contribution in [3.05, 3.63) is 35.1 Å². The van der Waals surface area contributed by atoms with Crippen molar-refractivity contribution in [1.29, 1.82) is 0 Å². The summed E-state index contributed by atoms with van der Waals surface area (Å²) in [6.07, 6.45) is 2.35. The summed E-state index contributed by atoms with van der Waals surface area (Å²) in [7, 11) is 0. The first-order chi connectivity index (χ1) is 11.6. The molecule has 0 aliphatic carbocycles. The van der Waals surface area contributed by atoms with E-state index >= 15 is 0 Å². The number of carbonyl (C=O) groups is 1. The molecule has 1 saturated heterocycles. The van der Waals surface area contributed by atoms with Crippen molar-refractivity contribution in [2.24, 2.45) is 0 Å². The monoisotopic (exact) mass is 366 g/mol. The predicted octanol–water partition coefficient (Wildman–Crippen LogP) is 3.15. The first-order valence-electron chi connectivity index (χ1n) is 7.81.